The number of carboxylic acid groups (broad SMARTS) is 1. The van der Waals surface area contributed by atoms with Gasteiger partial charge < -0.3 is 10.4 Å². The number of rotatable bonds is 4. The predicted molar refractivity (Wildman–Crippen MR) is 76.3 cm³/mol. The van der Waals surface area contributed by atoms with Crippen LogP contribution in [0, 0.1) is 6.92 Å². The Kier molecular flexibility index (Phi) is 8.40. The summed E-state index contributed by atoms with van der Waals surface area (Å²) in [6, 6.07) is 6.19. The molecule has 1 radical (unpaired) electrons. The van der Waals surface area contributed by atoms with Crippen molar-refractivity contribution in [2.75, 3.05) is 7.11 Å². The van der Waals surface area contributed by atoms with Crippen LogP contribution in [0.1, 0.15) is 29.8 Å². The van der Waals surface area contributed by atoms with Crippen LogP contribution in [0.3, 0.4) is 0 Å². The monoisotopic (exact) mass is 295 g/mol. The summed E-state index contributed by atoms with van der Waals surface area (Å²) in [5.41, 5.74) is 3.57. The van der Waals surface area contributed by atoms with E-state index in [1.807, 2.05) is 6.07 Å². The number of nitrogens with one attached hydrogen (secondary N) is 2. The van der Waals surface area contributed by atoms with E-state index < -0.39 is 12.0 Å². The summed E-state index contributed by atoms with van der Waals surface area (Å²) >= 11 is 0. The Morgan fingerprint density at radius 1 is 1.33 bits per heavy atom. The fourth-order valence-corrected chi connectivity index (χ4v) is 1.23. The number of carbonyl (C=O) groups is 3. The van der Waals surface area contributed by atoms with E-state index >= 15 is 0 Å². The second-order valence-electron chi connectivity index (χ2n) is 4.10. The van der Waals surface area contributed by atoms with E-state index in [1.54, 1.807) is 18.2 Å². The maximum Gasteiger partial charge on any atom is 0.325 e. The van der Waals surface area contributed by atoms with Crippen LogP contribution in [0.2, 0.25) is 0 Å². The number of amides is 2. The molecule has 0 fully saturated rings. The molecule has 0 bridgehead atoms. The number of benzene rings is 1. The molecule has 1 atom stereocenters. The van der Waals surface area contributed by atoms with Crippen molar-refractivity contribution in [1.82, 2.24) is 10.8 Å². The van der Waals surface area contributed by atoms with E-state index in [2.05, 4.69) is 22.6 Å². The third kappa shape index (κ3) is 8.38. The Morgan fingerprint density at radius 2 is 1.95 bits per heavy atom. The Morgan fingerprint density at radius 3 is 2.33 bits per heavy atom. The fraction of sp³-hybridized carbons (Fsp3) is 0.286. The molecule has 0 unspecified atom stereocenters. The second kappa shape index (κ2) is 9.49. The van der Waals surface area contributed by atoms with Crippen LogP contribution in [0.4, 0.5) is 0 Å². The highest BCUT2D eigenvalue weighted by molar-refractivity contribution is 5.93. The molecule has 0 spiro atoms. The summed E-state index contributed by atoms with van der Waals surface area (Å²) in [5.74, 6) is -1.61. The van der Waals surface area contributed by atoms with Gasteiger partial charge in [0.25, 0.3) is 5.91 Å². The first-order valence-corrected chi connectivity index (χ1v) is 6.03. The molecular weight excluding hydrogens is 276 g/mol. The number of carbonyl (C=O) groups excluding carboxylic acids is 2. The smallest absolute Gasteiger partial charge is 0.325 e. The molecule has 1 aromatic rings. The standard InChI is InChI=1S/C9H10NO2.C5H9NO3/c1-7-4-3-5-8(6-7)9(11)10-12-2;1-3(5(8)9)6-4(2)7/h3-6H,1H2,2H3,(H,10,11);3H,1-2H3,(H,6,7)(H,8,9)/t;3-/m.0/s1. The molecule has 0 saturated carbocycles. The number of hydroxylamine groups is 1. The largest absolute Gasteiger partial charge is 0.480 e. The van der Waals surface area contributed by atoms with E-state index in [9.17, 15) is 14.4 Å². The first-order valence-electron chi connectivity index (χ1n) is 6.03. The van der Waals surface area contributed by atoms with Crippen LogP contribution in [0.25, 0.3) is 0 Å². The highest BCUT2D eigenvalue weighted by Gasteiger charge is 2.09. The van der Waals surface area contributed by atoms with E-state index in [0.717, 1.165) is 5.56 Å². The first-order chi connectivity index (χ1) is 9.77. The lowest BCUT2D eigenvalue weighted by atomic mass is 10.1. The molecule has 21 heavy (non-hydrogen) atoms. The molecule has 0 aliphatic rings. The lowest BCUT2D eigenvalue weighted by molar-refractivity contribution is -0.140. The quantitative estimate of drug-likeness (QED) is 0.711. The number of hydrogen-bond donors (Lipinski definition) is 3. The van der Waals surface area contributed by atoms with Crippen LogP contribution in [0.15, 0.2) is 24.3 Å². The predicted octanol–water partition coefficient (Wildman–Crippen LogP) is 0.756. The Labute approximate surface area is 123 Å². The van der Waals surface area contributed by atoms with Gasteiger partial charge in [0, 0.05) is 12.5 Å². The van der Waals surface area contributed by atoms with Gasteiger partial charge in [-0.25, -0.2) is 5.48 Å². The van der Waals surface area contributed by atoms with Gasteiger partial charge in [-0.15, -0.1) is 0 Å². The molecule has 0 saturated heterocycles. The van der Waals surface area contributed by atoms with Gasteiger partial charge in [-0.05, 0) is 31.5 Å². The second-order valence-corrected chi connectivity index (χ2v) is 4.10. The van der Waals surface area contributed by atoms with E-state index in [-0.39, 0.29) is 11.8 Å². The molecule has 7 heteroatoms. The molecule has 115 valence electrons. The van der Waals surface area contributed by atoms with Crippen molar-refractivity contribution >= 4 is 17.8 Å². The molecule has 1 rings (SSSR count). The van der Waals surface area contributed by atoms with Crippen molar-refractivity contribution in [3.05, 3.63) is 42.3 Å². The minimum Gasteiger partial charge on any atom is -0.480 e. The molecule has 0 heterocycles. The summed E-state index contributed by atoms with van der Waals surface area (Å²) in [7, 11) is 1.39. The molecular formula is C14H19N2O5. The van der Waals surface area contributed by atoms with Gasteiger partial charge in [-0.3, -0.25) is 19.2 Å². The number of hydrogen-bond acceptors (Lipinski definition) is 4. The molecule has 3 N–H and O–H groups in total. The van der Waals surface area contributed by atoms with Crippen LogP contribution in [0.5, 0.6) is 0 Å². The van der Waals surface area contributed by atoms with Gasteiger partial charge in [0.1, 0.15) is 6.04 Å². The maximum absolute atomic E-state index is 11.1. The third-order valence-corrected chi connectivity index (χ3v) is 2.17. The molecule has 0 aliphatic carbocycles. The molecule has 0 aromatic heterocycles. The van der Waals surface area contributed by atoms with Crippen LogP contribution >= 0.6 is 0 Å². The van der Waals surface area contributed by atoms with Crippen LogP contribution < -0.4 is 10.8 Å². The third-order valence-electron chi connectivity index (χ3n) is 2.17. The van der Waals surface area contributed by atoms with Crippen molar-refractivity contribution in [2.45, 2.75) is 19.9 Å². The highest BCUT2D eigenvalue weighted by atomic mass is 16.6. The minimum atomic E-state index is -1.02. The van der Waals surface area contributed by atoms with Crippen LogP contribution in [-0.4, -0.2) is 36.0 Å². The van der Waals surface area contributed by atoms with Crippen molar-refractivity contribution in [3.63, 3.8) is 0 Å². The molecule has 2 amide bonds. The number of carboxylic acids is 1. The average molecular weight is 295 g/mol. The minimum absolute atomic E-state index is 0.261. The summed E-state index contributed by atoms with van der Waals surface area (Å²) < 4.78 is 0. The van der Waals surface area contributed by atoms with Gasteiger partial charge in [-0.2, -0.15) is 0 Å². The zero-order chi connectivity index (χ0) is 16.4. The van der Waals surface area contributed by atoms with E-state index in [4.69, 9.17) is 5.11 Å². The van der Waals surface area contributed by atoms with Gasteiger partial charge in [0.15, 0.2) is 0 Å². The SMILES string of the molecule is CC(=O)N[C@@H](C)C(=O)O.[CH2]c1cccc(C(=O)NOC)c1. The Hall–Kier alpha value is -2.41. The summed E-state index contributed by atoms with van der Waals surface area (Å²) in [6.45, 7) is 6.39. The van der Waals surface area contributed by atoms with Gasteiger partial charge >= 0.3 is 5.97 Å². The fourth-order valence-electron chi connectivity index (χ4n) is 1.23. The highest BCUT2D eigenvalue weighted by Crippen LogP contribution is 2.02. The normalized spacial score (nSPS) is 10.7. The summed E-state index contributed by atoms with van der Waals surface area (Å²) in [6.07, 6.45) is 0. The van der Waals surface area contributed by atoms with Gasteiger partial charge in [0.2, 0.25) is 5.91 Å². The molecule has 0 aliphatic heterocycles. The Bertz CT molecular complexity index is 502. The maximum atomic E-state index is 11.1. The van der Waals surface area contributed by atoms with Gasteiger partial charge in [-0.1, -0.05) is 12.1 Å². The van der Waals surface area contributed by atoms with E-state index in [0.29, 0.717) is 5.56 Å². The first kappa shape index (κ1) is 18.6. The topological polar surface area (TPSA) is 105 Å². The van der Waals surface area contributed by atoms with Crippen LogP contribution in [-0.2, 0) is 14.4 Å². The van der Waals surface area contributed by atoms with E-state index in [1.165, 1.54) is 21.0 Å². The van der Waals surface area contributed by atoms with Crippen molar-refractivity contribution < 1.29 is 24.3 Å². The molecule has 7 nitrogen and oxygen atoms in total. The Balaban J connectivity index is 0.000000400. The average Bonchev–Trinajstić information content (AvgIpc) is 2.39. The number of aliphatic carboxylic acids is 1. The zero-order valence-corrected chi connectivity index (χ0v) is 12.2. The van der Waals surface area contributed by atoms with Gasteiger partial charge in [0.05, 0.1) is 7.11 Å². The molecule has 1 aromatic carbocycles. The summed E-state index contributed by atoms with van der Waals surface area (Å²) in [4.78, 5) is 35.8. The zero-order valence-electron chi connectivity index (χ0n) is 12.2. The lowest BCUT2D eigenvalue weighted by Gasteiger charge is -2.04. The van der Waals surface area contributed by atoms with Crippen molar-refractivity contribution in [2.24, 2.45) is 0 Å². The van der Waals surface area contributed by atoms with Crippen molar-refractivity contribution in [3.8, 4) is 0 Å². The lowest BCUT2D eigenvalue weighted by Crippen LogP contribution is -2.36. The summed E-state index contributed by atoms with van der Waals surface area (Å²) in [5, 5.41) is 10.4. The van der Waals surface area contributed by atoms with Crippen molar-refractivity contribution in [1.29, 1.82) is 0 Å².